The highest BCUT2D eigenvalue weighted by Gasteiger charge is 2.26. The van der Waals surface area contributed by atoms with E-state index in [4.69, 9.17) is 18.9 Å². The first-order valence-corrected chi connectivity index (χ1v) is 24.7. The quantitative estimate of drug-likeness (QED) is 0.0960. The van der Waals surface area contributed by atoms with Gasteiger partial charge < -0.3 is 28.7 Å². The summed E-state index contributed by atoms with van der Waals surface area (Å²) in [5.41, 5.74) is 10.2. The van der Waals surface area contributed by atoms with E-state index in [9.17, 15) is 9.59 Å². The highest BCUT2D eigenvalue weighted by molar-refractivity contribution is 9.10. The zero-order valence-corrected chi connectivity index (χ0v) is 42.1. The van der Waals surface area contributed by atoms with E-state index in [2.05, 4.69) is 96.0 Å². The summed E-state index contributed by atoms with van der Waals surface area (Å²) in [6, 6.07) is 36.1. The molecule has 0 atom stereocenters. The van der Waals surface area contributed by atoms with Crippen molar-refractivity contribution in [2.75, 3.05) is 50.3 Å². The predicted molar refractivity (Wildman–Crippen MR) is 274 cm³/mol. The molecule has 344 valence electrons. The van der Waals surface area contributed by atoms with Crippen LogP contribution in [0, 0.1) is 0 Å². The van der Waals surface area contributed by atoms with Crippen molar-refractivity contribution in [2.24, 2.45) is 0 Å². The van der Waals surface area contributed by atoms with E-state index in [-0.39, 0.29) is 11.8 Å². The van der Waals surface area contributed by atoms with Crippen LogP contribution < -0.4 is 28.7 Å². The number of anilines is 2. The van der Waals surface area contributed by atoms with Gasteiger partial charge in [-0.25, -0.2) is 0 Å². The minimum Gasteiger partial charge on any atom is -0.493 e. The second-order valence-electron chi connectivity index (χ2n) is 16.8. The van der Waals surface area contributed by atoms with Gasteiger partial charge in [0.15, 0.2) is 0 Å². The number of benzene rings is 6. The van der Waals surface area contributed by atoms with Gasteiger partial charge in [-0.15, -0.1) is 0 Å². The lowest BCUT2D eigenvalue weighted by atomic mass is 9.89. The summed E-state index contributed by atoms with van der Waals surface area (Å²) in [6.07, 6.45) is 5.05. The van der Waals surface area contributed by atoms with E-state index in [0.29, 0.717) is 63.2 Å². The molecule has 0 radical (unpaired) electrons. The van der Waals surface area contributed by atoms with Crippen LogP contribution in [0.2, 0.25) is 0 Å². The summed E-state index contributed by atoms with van der Waals surface area (Å²) < 4.78 is 28.9. The van der Waals surface area contributed by atoms with E-state index in [1.54, 1.807) is 9.80 Å². The minimum absolute atomic E-state index is 0.127. The van der Waals surface area contributed by atoms with Gasteiger partial charge >= 0.3 is 0 Å². The summed E-state index contributed by atoms with van der Waals surface area (Å²) in [4.78, 5) is 32.6. The molecule has 0 heterocycles. The smallest absolute Gasteiger partial charge is 0.258 e. The SMILES string of the molecule is CCCOc1c2cccc1Cc1cc(C(=O)N(C)c3ccc(Br)cc3)cc(c1OCCC)Cc1cccc(c1OCCC)Cc1cc(C(=O)N(C)c3ccc(Br)cc3)cc(c1OCCC)C2. The number of halogens is 2. The van der Waals surface area contributed by atoms with Crippen molar-refractivity contribution in [3.63, 3.8) is 0 Å². The Labute approximate surface area is 407 Å². The van der Waals surface area contributed by atoms with Gasteiger partial charge in [-0.2, -0.15) is 0 Å². The van der Waals surface area contributed by atoms with Gasteiger partial charge in [-0.05, 0) is 143 Å². The zero-order valence-electron chi connectivity index (χ0n) is 39.0. The number of fused-ring (bicyclic) bond motifs is 8. The van der Waals surface area contributed by atoms with Gasteiger partial charge in [-0.1, -0.05) is 96.0 Å². The van der Waals surface area contributed by atoms with Gasteiger partial charge in [-0.3, -0.25) is 9.59 Å². The van der Waals surface area contributed by atoms with Crippen LogP contribution in [0.15, 0.2) is 118 Å². The Morgan fingerprint density at radius 1 is 0.424 bits per heavy atom. The van der Waals surface area contributed by atoms with E-state index >= 15 is 0 Å². The van der Waals surface area contributed by atoms with Crippen LogP contribution in [0.5, 0.6) is 23.0 Å². The maximum absolute atomic E-state index is 14.6. The maximum atomic E-state index is 14.6. The third-order valence-corrected chi connectivity index (χ3v) is 12.8. The Hall–Kier alpha value is -5.58. The lowest BCUT2D eigenvalue weighted by Gasteiger charge is -2.25. The number of ether oxygens (including phenoxy) is 4. The molecule has 0 fully saturated rings. The highest BCUT2D eigenvalue weighted by atomic mass is 79.9. The number of rotatable bonds is 16. The standard InChI is InChI=1S/C56H60Br2N2O6/c1-7-25-63-51-37-13-11-14-38(51)30-42-34-46(56(62)60(6)50-23-19-48(58)20-24-50)36-44(54(42)66-28-10-4)32-40-16-12-15-39(52(40)64-26-8-2)31-43-35-45(33-41(29-37)53(43)65-27-9-3)55(61)59(5)49-21-17-47(57)18-22-49/h11-24,33-36H,7-10,25-32H2,1-6H3. The number of nitrogens with zero attached hydrogens (tertiary/aromatic N) is 2. The number of para-hydroxylation sites is 2. The fourth-order valence-electron chi connectivity index (χ4n) is 8.44. The largest absolute Gasteiger partial charge is 0.493 e. The average molecular weight is 1020 g/mol. The monoisotopic (exact) mass is 1010 g/mol. The van der Waals surface area contributed by atoms with Crippen molar-refractivity contribution in [3.05, 3.63) is 174 Å². The summed E-state index contributed by atoms with van der Waals surface area (Å²) in [6.45, 7) is 10.5. The summed E-state index contributed by atoms with van der Waals surface area (Å²) in [7, 11) is 3.63. The molecular formula is C56H60Br2N2O6. The molecule has 2 amide bonds. The first kappa shape index (κ1) is 48.4. The van der Waals surface area contributed by atoms with Gasteiger partial charge in [0, 0.05) is 71.2 Å². The molecule has 10 heteroatoms. The van der Waals surface area contributed by atoms with Crippen molar-refractivity contribution >= 4 is 55.0 Å². The zero-order chi connectivity index (χ0) is 46.7. The minimum atomic E-state index is -0.127. The Morgan fingerprint density at radius 2 is 0.682 bits per heavy atom. The second-order valence-corrected chi connectivity index (χ2v) is 18.7. The molecule has 0 unspecified atom stereocenters. The normalized spacial score (nSPS) is 12.0. The fourth-order valence-corrected chi connectivity index (χ4v) is 8.97. The summed E-state index contributed by atoms with van der Waals surface area (Å²) in [5, 5.41) is 0. The van der Waals surface area contributed by atoms with Crippen LogP contribution in [0.4, 0.5) is 11.4 Å². The van der Waals surface area contributed by atoms with Gasteiger partial charge in [0.25, 0.3) is 11.8 Å². The molecule has 7 rings (SSSR count). The second kappa shape index (κ2) is 22.7. The lowest BCUT2D eigenvalue weighted by Crippen LogP contribution is -2.26. The molecule has 1 aliphatic rings. The molecule has 0 saturated carbocycles. The first-order chi connectivity index (χ1) is 32.0. The van der Waals surface area contributed by atoms with Crippen molar-refractivity contribution in [2.45, 2.75) is 79.1 Å². The number of hydrogen-bond acceptors (Lipinski definition) is 6. The first-order valence-electron chi connectivity index (χ1n) is 23.1. The Bertz CT molecular complexity index is 2370. The topological polar surface area (TPSA) is 77.5 Å². The average Bonchev–Trinajstić information content (AvgIpc) is 3.32. The van der Waals surface area contributed by atoms with Gasteiger partial charge in [0.05, 0.1) is 26.4 Å². The molecule has 0 N–H and O–H groups in total. The van der Waals surface area contributed by atoms with Gasteiger partial charge in [0.1, 0.15) is 23.0 Å². The lowest BCUT2D eigenvalue weighted by molar-refractivity contribution is 0.0985. The molecule has 8 bridgehead atoms. The van der Waals surface area contributed by atoms with Crippen molar-refractivity contribution in [1.82, 2.24) is 0 Å². The van der Waals surface area contributed by atoms with E-state index < -0.39 is 0 Å². The van der Waals surface area contributed by atoms with Gasteiger partial charge in [0.2, 0.25) is 0 Å². The van der Waals surface area contributed by atoms with Crippen LogP contribution in [-0.2, 0) is 25.7 Å². The maximum Gasteiger partial charge on any atom is 0.258 e. The Kier molecular flexibility index (Phi) is 16.7. The molecule has 6 aromatic carbocycles. The molecule has 66 heavy (non-hydrogen) atoms. The number of hydrogen-bond donors (Lipinski definition) is 0. The molecule has 0 spiro atoms. The number of amides is 2. The van der Waals surface area contributed by atoms with Crippen molar-refractivity contribution < 1.29 is 28.5 Å². The molecule has 0 aliphatic heterocycles. The van der Waals surface area contributed by atoms with Crippen LogP contribution in [-0.4, -0.2) is 52.3 Å². The Morgan fingerprint density at radius 3 is 0.939 bits per heavy atom. The highest BCUT2D eigenvalue weighted by Crippen LogP contribution is 2.41. The van der Waals surface area contributed by atoms with E-state index in [0.717, 1.165) is 114 Å². The van der Waals surface area contributed by atoms with Crippen LogP contribution in [0.1, 0.15) is 119 Å². The molecule has 6 aromatic rings. The predicted octanol–water partition coefficient (Wildman–Crippen LogP) is 13.6. The molecular weight excluding hydrogens is 956 g/mol. The van der Waals surface area contributed by atoms with Crippen molar-refractivity contribution in [3.8, 4) is 23.0 Å². The third kappa shape index (κ3) is 11.3. The van der Waals surface area contributed by atoms with Crippen LogP contribution >= 0.6 is 31.9 Å². The van der Waals surface area contributed by atoms with Crippen molar-refractivity contribution in [1.29, 1.82) is 0 Å². The summed E-state index contributed by atoms with van der Waals surface area (Å²) in [5.74, 6) is 2.85. The summed E-state index contributed by atoms with van der Waals surface area (Å²) >= 11 is 7.08. The van der Waals surface area contributed by atoms with E-state index in [1.165, 1.54) is 0 Å². The third-order valence-electron chi connectivity index (χ3n) is 11.7. The number of carbonyl (C=O) groups excluding carboxylic acids is 2. The molecule has 1 aliphatic carbocycles. The van der Waals surface area contributed by atoms with E-state index in [1.807, 2.05) is 86.9 Å². The number of carbonyl (C=O) groups is 2. The molecule has 0 aromatic heterocycles. The van der Waals surface area contributed by atoms with Crippen LogP contribution in [0.25, 0.3) is 0 Å². The fraction of sp³-hybridized carbons (Fsp3) is 0.321. The van der Waals surface area contributed by atoms with Crippen LogP contribution in [0.3, 0.4) is 0 Å². The molecule has 0 saturated heterocycles. The molecule has 8 nitrogen and oxygen atoms in total. The Balaban J connectivity index is 1.48.